The van der Waals surface area contributed by atoms with Crippen LogP contribution in [0.3, 0.4) is 0 Å². The molecule has 2 rings (SSSR count). The molecule has 0 aliphatic heterocycles. The summed E-state index contributed by atoms with van der Waals surface area (Å²) in [7, 11) is 4.87. The third-order valence-electron chi connectivity index (χ3n) is 4.43. The zero-order valence-electron chi connectivity index (χ0n) is 18.0. The Bertz CT molecular complexity index is 915. The van der Waals surface area contributed by atoms with Gasteiger partial charge in [0, 0.05) is 25.7 Å². The minimum absolute atomic E-state index is 0.236. The largest absolute Gasteiger partial charge is 0.493 e. The highest BCUT2D eigenvalue weighted by Crippen LogP contribution is 2.27. The topological polar surface area (TPSA) is 77.4 Å². The Labute approximate surface area is 177 Å². The molecule has 0 aliphatic rings. The van der Waals surface area contributed by atoms with Gasteiger partial charge in [-0.25, -0.2) is 4.98 Å². The van der Waals surface area contributed by atoms with E-state index in [4.69, 9.17) is 9.47 Å². The van der Waals surface area contributed by atoms with Crippen molar-refractivity contribution in [1.82, 2.24) is 14.9 Å². The maximum Gasteiger partial charge on any atom is 0.271 e. The number of rotatable bonds is 10. The summed E-state index contributed by atoms with van der Waals surface area (Å²) in [6, 6.07) is 5.36. The molecule has 0 saturated heterocycles. The summed E-state index contributed by atoms with van der Waals surface area (Å²) in [5, 5.41) is 5.94. The van der Waals surface area contributed by atoms with Crippen molar-refractivity contribution in [2.75, 3.05) is 39.3 Å². The summed E-state index contributed by atoms with van der Waals surface area (Å²) in [5.74, 6) is 7.82. The van der Waals surface area contributed by atoms with Gasteiger partial charge >= 0.3 is 0 Å². The lowest BCUT2D eigenvalue weighted by molar-refractivity contribution is 0.0946. The monoisotopic (exact) mass is 416 g/mol. The number of aromatic nitrogens is 2. The fourth-order valence-corrected chi connectivity index (χ4v) is 2.77. The number of hydrogen-bond acceptors (Lipinski definition) is 5. The molecule has 0 radical (unpaired) electrons. The van der Waals surface area contributed by atoms with Crippen molar-refractivity contribution in [1.29, 1.82) is 0 Å². The van der Waals surface area contributed by atoms with Crippen LogP contribution in [-0.2, 0) is 7.05 Å². The molecule has 1 aromatic carbocycles. The Hall–Kier alpha value is -3.21. The second kappa shape index (κ2) is 11.7. The molecular formula is C22H29FN4O3. The van der Waals surface area contributed by atoms with Crippen molar-refractivity contribution >= 4 is 11.7 Å². The number of carbonyl (C=O) groups excluding carboxylic acids is 1. The van der Waals surface area contributed by atoms with Gasteiger partial charge in [-0.15, -0.1) is 0 Å². The molecule has 0 saturated carbocycles. The Morgan fingerprint density at radius 2 is 1.93 bits per heavy atom. The number of anilines is 1. The highest BCUT2D eigenvalue weighted by Gasteiger charge is 2.20. The van der Waals surface area contributed by atoms with E-state index in [1.165, 1.54) is 0 Å². The average Bonchev–Trinajstić information content (AvgIpc) is 3.07. The zero-order valence-corrected chi connectivity index (χ0v) is 18.0. The first kappa shape index (κ1) is 23.1. The summed E-state index contributed by atoms with van der Waals surface area (Å²) in [6.45, 7) is 2.58. The third-order valence-corrected chi connectivity index (χ3v) is 4.43. The fraction of sp³-hybridized carbons (Fsp3) is 0.455. The van der Waals surface area contributed by atoms with Gasteiger partial charge in [-0.05, 0) is 37.0 Å². The highest BCUT2D eigenvalue weighted by atomic mass is 19.1. The number of amides is 1. The molecule has 2 aromatic rings. The van der Waals surface area contributed by atoms with Crippen molar-refractivity contribution in [2.24, 2.45) is 7.05 Å². The number of nitrogens with zero attached hydrogens (tertiary/aromatic N) is 2. The van der Waals surface area contributed by atoms with E-state index in [0.717, 1.165) is 18.4 Å². The number of hydrogen-bond donors (Lipinski definition) is 2. The molecule has 0 unspecified atom stereocenters. The minimum atomic E-state index is -0.441. The van der Waals surface area contributed by atoms with Crippen LogP contribution in [0.25, 0.3) is 0 Å². The molecule has 0 bridgehead atoms. The molecule has 30 heavy (non-hydrogen) atoms. The lowest BCUT2D eigenvalue weighted by Crippen LogP contribution is -2.27. The van der Waals surface area contributed by atoms with Crippen LogP contribution in [0.15, 0.2) is 18.2 Å². The first-order valence-corrected chi connectivity index (χ1v) is 9.94. The van der Waals surface area contributed by atoms with E-state index in [9.17, 15) is 9.18 Å². The molecule has 1 amide bonds. The molecule has 0 fully saturated rings. The number of unbranched alkanes of at least 4 members (excludes halogenated alkanes) is 1. The molecule has 162 valence electrons. The highest BCUT2D eigenvalue weighted by molar-refractivity contribution is 5.97. The van der Waals surface area contributed by atoms with Crippen molar-refractivity contribution in [3.63, 3.8) is 0 Å². The second-order valence-corrected chi connectivity index (χ2v) is 6.59. The SMILES string of the molecule is CCCCNC(=O)c1c(NCCCF)nc(C#Cc2ccc(OC)c(OC)c2)n1C. The Balaban J connectivity index is 2.33. The van der Waals surface area contributed by atoms with Crippen LogP contribution >= 0.6 is 0 Å². The van der Waals surface area contributed by atoms with Gasteiger partial charge < -0.3 is 24.7 Å². The zero-order chi connectivity index (χ0) is 21.9. The number of carbonyl (C=O) groups is 1. The number of alkyl halides is 1. The number of benzene rings is 1. The maximum absolute atomic E-state index is 12.7. The average molecular weight is 416 g/mol. The van der Waals surface area contributed by atoms with Gasteiger partial charge in [0.25, 0.3) is 5.91 Å². The fourth-order valence-electron chi connectivity index (χ4n) is 2.77. The van der Waals surface area contributed by atoms with Crippen LogP contribution in [0.5, 0.6) is 11.5 Å². The van der Waals surface area contributed by atoms with Gasteiger partial charge in [-0.2, -0.15) is 0 Å². The molecule has 2 N–H and O–H groups in total. The quantitative estimate of drug-likeness (QED) is 0.460. The number of nitrogens with one attached hydrogen (secondary N) is 2. The third kappa shape index (κ3) is 5.89. The van der Waals surface area contributed by atoms with E-state index in [1.807, 2.05) is 6.07 Å². The molecule has 0 aliphatic carbocycles. The van der Waals surface area contributed by atoms with Crippen LogP contribution < -0.4 is 20.1 Å². The van der Waals surface area contributed by atoms with E-state index in [2.05, 4.69) is 34.4 Å². The molecule has 8 heteroatoms. The normalized spacial score (nSPS) is 10.2. The molecule has 1 aromatic heterocycles. The summed E-state index contributed by atoms with van der Waals surface area (Å²) < 4.78 is 24.7. The van der Waals surface area contributed by atoms with Crippen molar-refractivity contribution in [3.8, 4) is 23.3 Å². The van der Waals surface area contributed by atoms with Gasteiger partial charge in [0.15, 0.2) is 28.8 Å². The smallest absolute Gasteiger partial charge is 0.271 e. The molecule has 0 spiro atoms. The summed E-state index contributed by atoms with van der Waals surface area (Å²) in [5.41, 5.74) is 1.10. The van der Waals surface area contributed by atoms with Crippen molar-refractivity contribution in [2.45, 2.75) is 26.2 Å². The number of halogens is 1. The number of imidazole rings is 1. The van der Waals surface area contributed by atoms with Crippen LogP contribution in [0.4, 0.5) is 10.2 Å². The van der Waals surface area contributed by atoms with E-state index >= 15 is 0 Å². The van der Waals surface area contributed by atoms with Crippen LogP contribution in [0.2, 0.25) is 0 Å². The van der Waals surface area contributed by atoms with Crippen LogP contribution in [0, 0.1) is 11.8 Å². The minimum Gasteiger partial charge on any atom is -0.493 e. The first-order valence-electron chi connectivity index (χ1n) is 9.94. The van der Waals surface area contributed by atoms with Crippen molar-refractivity contribution < 1.29 is 18.7 Å². The summed E-state index contributed by atoms with van der Waals surface area (Å²) in [6.07, 6.45) is 2.20. The lowest BCUT2D eigenvalue weighted by atomic mass is 10.2. The van der Waals surface area contributed by atoms with Crippen LogP contribution in [0.1, 0.15) is 48.1 Å². The number of ether oxygens (including phenoxy) is 2. The summed E-state index contributed by atoms with van der Waals surface area (Å²) in [4.78, 5) is 17.1. The number of methoxy groups -OCH3 is 2. The van der Waals surface area contributed by atoms with E-state index in [0.29, 0.717) is 48.3 Å². The van der Waals surface area contributed by atoms with Crippen LogP contribution in [-0.4, -0.2) is 49.4 Å². The first-order chi connectivity index (χ1) is 14.5. The van der Waals surface area contributed by atoms with Gasteiger partial charge in [-0.3, -0.25) is 9.18 Å². The predicted octanol–water partition coefficient (Wildman–Crippen LogP) is 3.14. The standard InChI is InChI=1S/C22H29FN4O3/c1-5-6-13-25-22(28)20-21(24-14-7-12-23)26-19(27(20)2)11-9-16-8-10-17(29-3)18(15-16)30-4/h8,10,15,24H,5-7,12-14H2,1-4H3,(H,25,28). The van der Waals surface area contributed by atoms with Gasteiger partial charge in [0.05, 0.1) is 20.9 Å². The van der Waals surface area contributed by atoms with Gasteiger partial charge in [0.2, 0.25) is 0 Å². The molecular weight excluding hydrogens is 387 g/mol. The molecule has 0 atom stereocenters. The van der Waals surface area contributed by atoms with E-state index in [1.54, 1.807) is 38.0 Å². The van der Waals surface area contributed by atoms with Crippen molar-refractivity contribution in [3.05, 3.63) is 35.3 Å². The molecule has 7 nitrogen and oxygen atoms in total. The maximum atomic E-state index is 12.7. The predicted molar refractivity (Wildman–Crippen MR) is 115 cm³/mol. The Morgan fingerprint density at radius 3 is 2.60 bits per heavy atom. The van der Waals surface area contributed by atoms with Gasteiger partial charge in [0.1, 0.15) is 0 Å². The Morgan fingerprint density at radius 1 is 1.17 bits per heavy atom. The summed E-state index contributed by atoms with van der Waals surface area (Å²) >= 11 is 0. The van der Waals surface area contributed by atoms with E-state index < -0.39 is 6.67 Å². The van der Waals surface area contributed by atoms with Gasteiger partial charge in [-0.1, -0.05) is 19.3 Å². The Kier molecular flexibility index (Phi) is 9.01. The lowest BCUT2D eigenvalue weighted by Gasteiger charge is -2.08. The molecule has 1 heterocycles. The van der Waals surface area contributed by atoms with E-state index in [-0.39, 0.29) is 5.91 Å². The second-order valence-electron chi connectivity index (χ2n) is 6.59.